The van der Waals surface area contributed by atoms with Gasteiger partial charge in [-0.25, -0.2) is 17.8 Å². The molecule has 3 N–H and O–H groups in total. The Morgan fingerprint density at radius 1 is 1.48 bits per heavy atom. The lowest BCUT2D eigenvalue weighted by Crippen LogP contribution is -2.33. The molecule has 2 amide bonds. The lowest BCUT2D eigenvalue weighted by Gasteiger charge is -2.19. The van der Waals surface area contributed by atoms with Gasteiger partial charge < -0.3 is 20.3 Å². The third-order valence-corrected chi connectivity index (χ3v) is 7.22. The Balaban J connectivity index is 1.70. The van der Waals surface area contributed by atoms with E-state index < -0.39 is 40.5 Å². The normalized spacial score (nSPS) is 24.4. The molecule has 1 fully saturated rings. The minimum atomic E-state index is -2.54. The topological polar surface area (TPSA) is 129 Å². The van der Waals surface area contributed by atoms with Gasteiger partial charge in [0, 0.05) is 18.2 Å². The second-order valence-corrected chi connectivity index (χ2v) is 10.0. The molecule has 3 rings (SSSR count). The van der Waals surface area contributed by atoms with E-state index in [9.17, 15) is 23.3 Å². The minimum absolute atomic E-state index is 0.101. The van der Waals surface area contributed by atoms with Crippen LogP contribution in [-0.2, 0) is 19.3 Å². The molecule has 2 heterocycles. The number of hydrogen-bond donors (Lipinski definition) is 3. The Kier molecular flexibility index (Phi) is 7.29. The van der Waals surface area contributed by atoms with E-state index in [4.69, 9.17) is 9.84 Å². The number of nitrogens with one attached hydrogen (secondary N) is 1. The molecule has 11 heteroatoms. The van der Waals surface area contributed by atoms with Gasteiger partial charge in [0.25, 0.3) is 0 Å². The van der Waals surface area contributed by atoms with Gasteiger partial charge in [-0.3, -0.25) is 9.69 Å². The molecule has 1 aromatic rings. The highest BCUT2D eigenvalue weighted by molar-refractivity contribution is 7.93. The van der Waals surface area contributed by atoms with Crippen molar-refractivity contribution in [2.24, 2.45) is 4.36 Å². The Hall–Kier alpha value is -2.50. The molecular formula is C20H26FN3O6S. The van der Waals surface area contributed by atoms with E-state index in [0.717, 1.165) is 0 Å². The van der Waals surface area contributed by atoms with Crippen molar-refractivity contribution in [2.45, 2.75) is 25.6 Å². The number of nitrogens with zero attached hydrogens (tertiary/aromatic N) is 2. The molecule has 31 heavy (non-hydrogen) atoms. The first-order valence-corrected chi connectivity index (χ1v) is 11.7. The highest BCUT2D eigenvalue weighted by atomic mass is 32.2. The number of hydrogen-bond acceptors (Lipinski definition) is 7. The van der Waals surface area contributed by atoms with Crippen molar-refractivity contribution in [2.75, 3.05) is 42.6 Å². The maximum absolute atomic E-state index is 14.8. The number of aliphatic hydroxyl groups excluding tert-OH is 2. The Morgan fingerprint density at radius 3 is 2.87 bits per heavy atom. The third-order valence-electron chi connectivity index (χ3n) is 5.07. The van der Waals surface area contributed by atoms with Crippen molar-refractivity contribution in [3.63, 3.8) is 0 Å². The van der Waals surface area contributed by atoms with E-state index in [-0.39, 0.29) is 37.0 Å². The number of ether oxygens (including phenoxy) is 1. The molecule has 0 spiro atoms. The van der Waals surface area contributed by atoms with Crippen LogP contribution in [0.4, 0.5) is 14.9 Å². The molecule has 0 aliphatic carbocycles. The van der Waals surface area contributed by atoms with Crippen molar-refractivity contribution < 1.29 is 33.1 Å². The summed E-state index contributed by atoms with van der Waals surface area (Å²) in [6.07, 6.45) is -0.110. The van der Waals surface area contributed by atoms with Crippen LogP contribution in [0.3, 0.4) is 0 Å². The van der Waals surface area contributed by atoms with Gasteiger partial charge in [-0.15, -0.1) is 0 Å². The third kappa shape index (κ3) is 5.81. The number of amides is 2. The lowest BCUT2D eigenvalue weighted by molar-refractivity contribution is -0.119. The van der Waals surface area contributed by atoms with Crippen LogP contribution in [-0.4, -0.2) is 76.4 Å². The maximum atomic E-state index is 14.8. The summed E-state index contributed by atoms with van der Waals surface area (Å²) in [5, 5.41) is 20.8. The summed E-state index contributed by atoms with van der Waals surface area (Å²) in [7, 11) is -2.54. The van der Waals surface area contributed by atoms with Crippen molar-refractivity contribution in [3.8, 4) is 0 Å². The minimum Gasteiger partial charge on any atom is -0.442 e. The number of halogens is 1. The zero-order valence-corrected chi connectivity index (χ0v) is 17.9. The van der Waals surface area contributed by atoms with Crippen LogP contribution in [0, 0.1) is 5.82 Å². The summed E-state index contributed by atoms with van der Waals surface area (Å²) in [5.41, 5.74) is 1.42. The number of anilines is 1. The van der Waals surface area contributed by atoms with Gasteiger partial charge in [0.05, 0.1) is 53.5 Å². The molecule has 1 saturated heterocycles. The molecule has 0 saturated carbocycles. The quantitative estimate of drug-likeness (QED) is 0.560. The van der Waals surface area contributed by atoms with Gasteiger partial charge in [0.2, 0.25) is 5.91 Å². The van der Waals surface area contributed by atoms with E-state index >= 15 is 0 Å². The van der Waals surface area contributed by atoms with Crippen LogP contribution in [0.25, 0.3) is 5.57 Å². The average Bonchev–Trinajstić information content (AvgIpc) is 3.12. The number of allylic oxidation sites excluding steroid dienone is 1. The lowest BCUT2D eigenvalue weighted by atomic mass is 10.0. The largest absolute Gasteiger partial charge is 0.442 e. The SMILES string of the molecule is CC(=O)NCC1CN(c2ccc(C3=CCS(=O)(=NCC(O)CO)CC3)c(F)c2)C(=O)O1. The molecule has 1 aromatic carbocycles. The molecular weight excluding hydrogens is 429 g/mol. The molecule has 0 bridgehead atoms. The summed E-state index contributed by atoms with van der Waals surface area (Å²) < 4.78 is 36.8. The first-order valence-electron chi connectivity index (χ1n) is 9.89. The van der Waals surface area contributed by atoms with Crippen LogP contribution in [0.1, 0.15) is 18.9 Å². The zero-order valence-electron chi connectivity index (χ0n) is 17.1. The summed E-state index contributed by atoms with van der Waals surface area (Å²) >= 11 is 0. The van der Waals surface area contributed by atoms with E-state index in [1.165, 1.54) is 17.9 Å². The van der Waals surface area contributed by atoms with E-state index in [2.05, 4.69) is 9.68 Å². The standard InChI is InChI=1S/C20H26FN3O6S/c1-13(26)22-10-17-11-24(20(28)30-17)15-2-3-18(19(21)8-15)14-4-6-31(29,7-5-14)23-9-16(27)12-25/h2-4,8,16-17,25,27H,5-7,9-12H2,1H3,(H,22,26). The van der Waals surface area contributed by atoms with Crippen LogP contribution in [0.5, 0.6) is 0 Å². The summed E-state index contributed by atoms with van der Waals surface area (Å²) in [6, 6.07) is 4.45. The Bertz CT molecular complexity index is 1000. The first-order chi connectivity index (χ1) is 14.7. The molecule has 2 aliphatic rings. The van der Waals surface area contributed by atoms with Crippen molar-refractivity contribution in [1.82, 2.24) is 5.32 Å². The van der Waals surface area contributed by atoms with Crippen molar-refractivity contribution >= 4 is 33.0 Å². The van der Waals surface area contributed by atoms with Gasteiger partial charge in [0.15, 0.2) is 0 Å². The number of cyclic esters (lactones) is 1. The fourth-order valence-corrected chi connectivity index (χ4v) is 5.20. The molecule has 170 valence electrons. The maximum Gasteiger partial charge on any atom is 0.414 e. The van der Waals surface area contributed by atoms with Crippen molar-refractivity contribution in [3.05, 3.63) is 35.7 Å². The number of benzene rings is 1. The fourth-order valence-electron chi connectivity index (χ4n) is 3.36. The number of carbonyl (C=O) groups is 2. The molecule has 2 aliphatic heterocycles. The van der Waals surface area contributed by atoms with Crippen LogP contribution in [0.2, 0.25) is 0 Å². The summed E-state index contributed by atoms with van der Waals surface area (Å²) in [4.78, 5) is 24.4. The molecule has 3 unspecified atom stereocenters. The van der Waals surface area contributed by atoms with Gasteiger partial charge in [-0.05, 0) is 30.2 Å². The summed E-state index contributed by atoms with van der Waals surface area (Å²) in [5.74, 6) is -0.360. The Morgan fingerprint density at radius 2 is 2.26 bits per heavy atom. The van der Waals surface area contributed by atoms with E-state index in [1.807, 2.05) is 0 Å². The molecule has 0 radical (unpaired) electrons. The first kappa shape index (κ1) is 23.2. The van der Waals surface area contributed by atoms with E-state index in [1.54, 1.807) is 18.2 Å². The second-order valence-electron chi connectivity index (χ2n) is 7.49. The Labute approximate surface area is 180 Å². The summed E-state index contributed by atoms with van der Waals surface area (Å²) in [6.45, 7) is 1.20. The predicted octanol–water partition coefficient (Wildman–Crippen LogP) is 0.895. The smallest absolute Gasteiger partial charge is 0.414 e. The highest BCUT2D eigenvalue weighted by Crippen LogP contribution is 2.30. The van der Waals surface area contributed by atoms with Crippen LogP contribution in [0.15, 0.2) is 28.6 Å². The molecule has 9 nitrogen and oxygen atoms in total. The second kappa shape index (κ2) is 9.75. The van der Waals surface area contributed by atoms with Crippen molar-refractivity contribution in [1.29, 1.82) is 0 Å². The average molecular weight is 456 g/mol. The molecule has 0 aromatic heterocycles. The van der Waals surface area contributed by atoms with Gasteiger partial charge in [-0.2, -0.15) is 0 Å². The predicted molar refractivity (Wildman–Crippen MR) is 114 cm³/mol. The zero-order chi connectivity index (χ0) is 22.6. The number of aliphatic hydroxyl groups is 2. The van der Waals surface area contributed by atoms with Crippen LogP contribution >= 0.6 is 0 Å². The number of rotatable bonds is 7. The van der Waals surface area contributed by atoms with Gasteiger partial charge in [0.1, 0.15) is 11.9 Å². The monoisotopic (exact) mass is 455 g/mol. The van der Waals surface area contributed by atoms with E-state index in [0.29, 0.717) is 23.2 Å². The van der Waals surface area contributed by atoms with Gasteiger partial charge >= 0.3 is 6.09 Å². The highest BCUT2D eigenvalue weighted by Gasteiger charge is 2.33. The molecule has 3 atom stereocenters. The fraction of sp³-hybridized carbons (Fsp3) is 0.500. The van der Waals surface area contributed by atoms with Gasteiger partial charge in [-0.1, -0.05) is 6.08 Å². The number of carbonyl (C=O) groups excluding carboxylic acids is 2. The van der Waals surface area contributed by atoms with Crippen LogP contribution < -0.4 is 10.2 Å².